The maximum Gasteiger partial charge on any atom is 0.0420 e. The highest BCUT2D eigenvalue weighted by atomic mass is 15.3. The van der Waals surface area contributed by atoms with E-state index in [0.29, 0.717) is 6.04 Å². The average Bonchev–Trinajstić information content (AvgIpc) is 2.94. The Bertz CT molecular complexity index is 271. The van der Waals surface area contributed by atoms with Gasteiger partial charge in [-0.25, -0.2) is 0 Å². The second-order valence-electron chi connectivity index (χ2n) is 7.11. The summed E-state index contributed by atoms with van der Waals surface area (Å²) in [6.07, 6.45) is 9.55. The lowest BCUT2D eigenvalue weighted by Crippen LogP contribution is -2.62. The number of rotatable bonds is 5. The minimum absolute atomic E-state index is 0.181. The lowest BCUT2D eigenvalue weighted by molar-refractivity contribution is 0.0423. The molecule has 1 heterocycles. The van der Waals surface area contributed by atoms with Gasteiger partial charge < -0.3 is 0 Å². The molecule has 3 nitrogen and oxygen atoms in total. The van der Waals surface area contributed by atoms with Gasteiger partial charge >= 0.3 is 0 Å². The summed E-state index contributed by atoms with van der Waals surface area (Å²) in [4.78, 5) is 2.65. The summed E-state index contributed by atoms with van der Waals surface area (Å²) in [6.45, 7) is 9.62. The predicted octanol–water partition coefficient (Wildman–Crippen LogP) is 2.91. The van der Waals surface area contributed by atoms with Crippen molar-refractivity contribution in [1.29, 1.82) is 0 Å². The molecule has 3 heteroatoms. The van der Waals surface area contributed by atoms with Crippen molar-refractivity contribution in [1.82, 2.24) is 10.3 Å². The van der Waals surface area contributed by atoms with Crippen LogP contribution < -0.4 is 11.3 Å². The van der Waals surface area contributed by atoms with Gasteiger partial charge in [-0.05, 0) is 58.0 Å². The number of nitrogens with one attached hydrogen (secondary N) is 1. The molecule has 0 amide bonds. The average molecular weight is 267 g/mol. The van der Waals surface area contributed by atoms with E-state index < -0.39 is 0 Å². The fraction of sp³-hybridized carbons (Fsp3) is 1.00. The molecular formula is C16H33N3. The Morgan fingerprint density at radius 1 is 1.16 bits per heavy atom. The van der Waals surface area contributed by atoms with E-state index in [-0.39, 0.29) is 5.54 Å². The first-order valence-corrected chi connectivity index (χ1v) is 8.32. The summed E-state index contributed by atoms with van der Waals surface area (Å²) >= 11 is 0. The Kier molecular flexibility index (Phi) is 5.27. The third kappa shape index (κ3) is 3.14. The highest BCUT2D eigenvalue weighted by molar-refractivity contribution is 4.99. The van der Waals surface area contributed by atoms with Crippen molar-refractivity contribution in [2.75, 3.05) is 13.1 Å². The number of nitrogens with zero attached hydrogens (tertiary/aromatic N) is 1. The van der Waals surface area contributed by atoms with Crippen LogP contribution in [0.4, 0.5) is 0 Å². The van der Waals surface area contributed by atoms with Crippen LogP contribution in [-0.2, 0) is 0 Å². The third-order valence-corrected chi connectivity index (χ3v) is 5.78. The van der Waals surface area contributed by atoms with Crippen molar-refractivity contribution in [2.45, 2.75) is 77.3 Å². The summed E-state index contributed by atoms with van der Waals surface area (Å²) in [5, 5.41) is 0. The fourth-order valence-electron chi connectivity index (χ4n) is 4.52. The van der Waals surface area contributed by atoms with E-state index in [9.17, 15) is 0 Å². The number of hydrogen-bond donors (Lipinski definition) is 2. The van der Waals surface area contributed by atoms with Gasteiger partial charge in [0, 0.05) is 11.6 Å². The van der Waals surface area contributed by atoms with Crippen LogP contribution in [0.1, 0.15) is 65.7 Å². The van der Waals surface area contributed by atoms with Gasteiger partial charge in [-0.3, -0.25) is 16.2 Å². The Balaban J connectivity index is 2.12. The zero-order valence-corrected chi connectivity index (χ0v) is 13.1. The topological polar surface area (TPSA) is 41.3 Å². The molecule has 0 aromatic rings. The smallest absolute Gasteiger partial charge is 0.0420 e. The van der Waals surface area contributed by atoms with Crippen LogP contribution in [0.25, 0.3) is 0 Å². The van der Waals surface area contributed by atoms with Crippen molar-refractivity contribution >= 4 is 0 Å². The van der Waals surface area contributed by atoms with E-state index in [0.717, 1.165) is 11.8 Å². The minimum Gasteiger partial charge on any atom is -0.297 e. The van der Waals surface area contributed by atoms with Gasteiger partial charge in [-0.2, -0.15) is 0 Å². The van der Waals surface area contributed by atoms with Crippen LogP contribution in [0.5, 0.6) is 0 Å². The summed E-state index contributed by atoms with van der Waals surface area (Å²) in [5.41, 5.74) is 3.39. The van der Waals surface area contributed by atoms with Gasteiger partial charge in [0.1, 0.15) is 0 Å². The van der Waals surface area contributed by atoms with Crippen LogP contribution in [0, 0.1) is 11.8 Å². The van der Waals surface area contributed by atoms with E-state index in [2.05, 4.69) is 31.1 Å². The molecule has 19 heavy (non-hydrogen) atoms. The van der Waals surface area contributed by atoms with Crippen molar-refractivity contribution in [3.63, 3.8) is 0 Å². The zero-order chi connectivity index (χ0) is 13.9. The monoisotopic (exact) mass is 267 g/mol. The van der Waals surface area contributed by atoms with Crippen LogP contribution >= 0.6 is 0 Å². The number of nitrogens with two attached hydrogens (primary N) is 1. The third-order valence-electron chi connectivity index (χ3n) is 5.78. The van der Waals surface area contributed by atoms with Crippen LogP contribution in [-0.4, -0.2) is 29.6 Å². The SMILES string of the molecule is CCC1CCCCC1C(NN)C(C)(C)N1CCCC1. The van der Waals surface area contributed by atoms with Crippen molar-refractivity contribution in [3.8, 4) is 0 Å². The van der Waals surface area contributed by atoms with Gasteiger partial charge in [0.15, 0.2) is 0 Å². The molecule has 2 rings (SSSR count). The predicted molar refractivity (Wildman–Crippen MR) is 81.7 cm³/mol. The summed E-state index contributed by atoms with van der Waals surface area (Å²) in [7, 11) is 0. The van der Waals surface area contributed by atoms with E-state index in [1.807, 2.05) is 0 Å². The summed E-state index contributed by atoms with van der Waals surface area (Å²) in [6, 6.07) is 0.427. The first-order chi connectivity index (χ1) is 9.11. The molecule has 0 radical (unpaired) electrons. The highest BCUT2D eigenvalue weighted by Crippen LogP contribution is 2.39. The molecule has 112 valence electrons. The maximum absolute atomic E-state index is 6.00. The van der Waals surface area contributed by atoms with Crippen molar-refractivity contribution in [2.24, 2.45) is 17.7 Å². The number of hydrazine groups is 1. The molecule has 3 unspecified atom stereocenters. The molecule has 0 aromatic heterocycles. The van der Waals surface area contributed by atoms with E-state index in [1.54, 1.807) is 0 Å². The van der Waals surface area contributed by atoms with E-state index in [1.165, 1.54) is 58.0 Å². The molecule has 2 fully saturated rings. The Morgan fingerprint density at radius 2 is 1.79 bits per heavy atom. The lowest BCUT2D eigenvalue weighted by atomic mass is 9.69. The quantitative estimate of drug-likeness (QED) is 0.594. The summed E-state index contributed by atoms with van der Waals surface area (Å²) in [5.74, 6) is 7.61. The van der Waals surface area contributed by atoms with Crippen LogP contribution in [0.3, 0.4) is 0 Å². The normalized spacial score (nSPS) is 31.6. The van der Waals surface area contributed by atoms with Gasteiger partial charge in [-0.1, -0.05) is 32.6 Å². The largest absolute Gasteiger partial charge is 0.297 e. The van der Waals surface area contributed by atoms with E-state index >= 15 is 0 Å². The van der Waals surface area contributed by atoms with Crippen LogP contribution in [0.2, 0.25) is 0 Å². The first-order valence-electron chi connectivity index (χ1n) is 8.32. The molecule has 1 saturated carbocycles. The second kappa shape index (κ2) is 6.55. The van der Waals surface area contributed by atoms with E-state index in [4.69, 9.17) is 5.84 Å². The van der Waals surface area contributed by atoms with Crippen LogP contribution in [0.15, 0.2) is 0 Å². The zero-order valence-electron chi connectivity index (χ0n) is 13.1. The molecule has 0 aromatic carbocycles. The molecule has 0 bridgehead atoms. The molecule has 0 spiro atoms. The van der Waals surface area contributed by atoms with Gasteiger partial charge in [0.25, 0.3) is 0 Å². The molecule has 3 N–H and O–H groups in total. The van der Waals surface area contributed by atoms with Crippen molar-refractivity contribution < 1.29 is 0 Å². The molecular weight excluding hydrogens is 234 g/mol. The lowest BCUT2D eigenvalue weighted by Gasteiger charge is -2.48. The van der Waals surface area contributed by atoms with Gasteiger partial charge in [0.05, 0.1) is 0 Å². The second-order valence-corrected chi connectivity index (χ2v) is 7.11. The molecule has 1 aliphatic heterocycles. The standard InChI is InChI=1S/C16H33N3/c1-4-13-9-5-6-10-14(13)15(18-17)16(2,3)19-11-7-8-12-19/h13-15,18H,4-12,17H2,1-3H3. The molecule has 3 atom stereocenters. The number of likely N-dealkylation sites (tertiary alicyclic amines) is 1. The Morgan fingerprint density at radius 3 is 2.37 bits per heavy atom. The van der Waals surface area contributed by atoms with Crippen molar-refractivity contribution in [3.05, 3.63) is 0 Å². The maximum atomic E-state index is 6.00. The molecule has 1 saturated heterocycles. The molecule has 2 aliphatic rings. The van der Waals surface area contributed by atoms with Gasteiger partial charge in [-0.15, -0.1) is 0 Å². The first kappa shape index (κ1) is 15.3. The molecule has 1 aliphatic carbocycles. The Hall–Kier alpha value is -0.120. The minimum atomic E-state index is 0.181. The van der Waals surface area contributed by atoms with Gasteiger partial charge in [0.2, 0.25) is 0 Å². The highest BCUT2D eigenvalue weighted by Gasteiger charge is 2.43. The summed E-state index contributed by atoms with van der Waals surface area (Å²) < 4.78 is 0. The fourth-order valence-corrected chi connectivity index (χ4v) is 4.52. The Labute approximate surface area is 119 Å². The number of hydrogen-bond acceptors (Lipinski definition) is 3.